The van der Waals surface area contributed by atoms with E-state index in [0.717, 1.165) is 0 Å². The van der Waals surface area contributed by atoms with Gasteiger partial charge in [-0.15, -0.1) is 0 Å². The first kappa shape index (κ1) is 13.2. The van der Waals surface area contributed by atoms with Crippen molar-refractivity contribution in [2.45, 2.75) is 4.90 Å². The van der Waals surface area contributed by atoms with Crippen molar-refractivity contribution in [1.82, 2.24) is 4.98 Å². The molecule has 6 nitrogen and oxygen atoms in total. The number of benzene rings is 1. The Morgan fingerprint density at radius 1 is 1.21 bits per heavy atom. The van der Waals surface area contributed by atoms with E-state index in [4.69, 9.17) is 10.5 Å². The minimum Gasteiger partial charge on any atom is -0.497 e. The number of pyridine rings is 1. The Morgan fingerprint density at radius 3 is 2.47 bits per heavy atom. The van der Waals surface area contributed by atoms with Gasteiger partial charge in [-0.3, -0.25) is 4.72 Å². The summed E-state index contributed by atoms with van der Waals surface area (Å²) in [5.74, 6) is 0.689. The summed E-state index contributed by atoms with van der Waals surface area (Å²) in [7, 11) is -2.20. The zero-order valence-corrected chi connectivity index (χ0v) is 11.0. The molecular formula is C12H13N3O3S. The quantitative estimate of drug-likeness (QED) is 0.883. The van der Waals surface area contributed by atoms with Gasteiger partial charge in [0.15, 0.2) is 5.82 Å². The van der Waals surface area contributed by atoms with E-state index in [9.17, 15) is 8.42 Å². The minimum absolute atomic E-state index is 0.110. The predicted octanol–water partition coefficient (Wildman–Crippen LogP) is 1.47. The van der Waals surface area contributed by atoms with E-state index >= 15 is 0 Å². The SMILES string of the molecule is COc1ccc(S(=O)(=O)Nc2ncccc2N)cc1. The van der Waals surface area contributed by atoms with E-state index in [2.05, 4.69) is 9.71 Å². The van der Waals surface area contributed by atoms with Crippen LogP contribution in [0.25, 0.3) is 0 Å². The van der Waals surface area contributed by atoms with E-state index in [1.807, 2.05) is 0 Å². The van der Waals surface area contributed by atoms with Gasteiger partial charge in [0.05, 0.1) is 17.7 Å². The molecule has 2 aromatic rings. The number of hydrogen-bond donors (Lipinski definition) is 2. The summed E-state index contributed by atoms with van der Waals surface area (Å²) in [6.45, 7) is 0. The third-order valence-corrected chi connectivity index (χ3v) is 3.79. The lowest BCUT2D eigenvalue weighted by molar-refractivity contribution is 0.414. The first-order valence-electron chi connectivity index (χ1n) is 5.40. The summed E-state index contributed by atoms with van der Waals surface area (Å²) in [5.41, 5.74) is 5.91. The Labute approximate surface area is 111 Å². The molecule has 0 aliphatic heterocycles. The highest BCUT2D eigenvalue weighted by Gasteiger charge is 2.15. The van der Waals surface area contributed by atoms with Crippen molar-refractivity contribution < 1.29 is 13.2 Å². The Bertz CT molecular complexity index is 669. The van der Waals surface area contributed by atoms with Crippen LogP contribution in [0.2, 0.25) is 0 Å². The summed E-state index contributed by atoms with van der Waals surface area (Å²) >= 11 is 0. The third-order valence-electron chi connectivity index (χ3n) is 2.44. The largest absolute Gasteiger partial charge is 0.497 e. The average Bonchev–Trinajstić information content (AvgIpc) is 2.41. The van der Waals surface area contributed by atoms with E-state index in [0.29, 0.717) is 5.75 Å². The summed E-state index contributed by atoms with van der Waals surface area (Å²) in [6.07, 6.45) is 1.46. The molecule has 0 fully saturated rings. The zero-order chi connectivity index (χ0) is 13.9. The lowest BCUT2D eigenvalue weighted by atomic mass is 10.3. The van der Waals surface area contributed by atoms with Crippen LogP contribution in [0.3, 0.4) is 0 Å². The molecule has 0 bridgehead atoms. The second kappa shape index (κ2) is 5.15. The van der Waals surface area contributed by atoms with Crippen molar-refractivity contribution in [3.05, 3.63) is 42.6 Å². The van der Waals surface area contributed by atoms with Crippen LogP contribution in [0.1, 0.15) is 0 Å². The fraction of sp³-hybridized carbons (Fsp3) is 0.0833. The van der Waals surface area contributed by atoms with Gasteiger partial charge in [-0.1, -0.05) is 0 Å². The van der Waals surface area contributed by atoms with E-state index in [-0.39, 0.29) is 16.4 Å². The van der Waals surface area contributed by atoms with Gasteiger partial charge in [0, 0.05) is 6.20 Å². The molecular weight excluding hydrogens is 266 g/mol. The standard InChI is InChI=1S/C12H13N3O3S/c1-18-9-4-6-10(7-5-9)19(16,17)15-12-11(13)3-2-8-14-12/h2-8H,13H2,1H3,(H,14,15). The first-order valence-corrected chi connectivity index (χ1v) is 6.88. The zero-order valence-electron chi connectivity index (χ0n) is 10.2. The number of aromatic nitrogens is 1. The second-order valence-electron chi connectivity index (χ2n) is 3.72. The Kier molecular flexibility index (Phi) is 3.57. The smallest absolute Gasteiger partial charge is 0.263 e. The molecule has 19 heavy (non-hydrogen) atoms. The van der Waals surface area contributed by atoms with Crippen molar-refractivity contribution in [2.75, 3.05) is 17.6 Å². The van der Waals surface area contributed by atoms with Gasteiger partial charge >= 0.3 is 0 Å². The number of methoxy groups -OCH3 is 1. The molecule has 1 aromatic carbocycles. The highest BCUT2D eigenvalue weighted by molar-refractivity contribution is 7.92. The van der Waals surface area contributed by atoms with Gasteiger partial charge in [-0.2, -0.15) is 0 Å². The van der Waals surface area contributed by atoms with Gasteiger partial charge in [-0.25, -0.2) is 13.4 Å². The molecule has 0 aliphatic carbocycles. The number of nitrogens with zero attached hydrogens (tertiary/aromatic N) is 1. The average molecular weight is 279 g/mol. The van der Waals surface area contributed by atoms with Crippen LogP contribution < -0.4 is 15.2 Å². The molecule has 100 valence electrons. The number of rotatable bonds is 4. The molecule has 0 amide bonds. The van der Waals surface area contributed by atoms with Gasteiger partial charge in [0.25, 0.3) is 10.0 Å². The lowest BCUT2D eigenvalue weighted by Crippen LogP contribution is -2.15. The molecule has 2 rings (SSSR count). The monoisotopic (exact) mass is 279 g/mol. The number of sulfonamides is 1. The van der Waals surface area contributed by atoms with Gasteiger partial charge in [-0.05, 0) is 36.4 Å². The van der Waals surface area contributed by atoms with Crippen LogP contribution in [0.5, 0.6) is 5.75 Å². The van der Waals surface area contributed by atoms with Crippen LogP contribution >= 0.6 is 0 Å². The molecule has 0 aliphatic rings. The van der Waals surface area contributed by atoms with Crippen LogP contribution in [0.15, 0.2) is 47.5 Å². The Balaban J connectivity index is 2.30. The molecule has 1 heterocycles. The highest BCUT2D eigenvalue weighted by Crippen LogP contribution is 2.20. The molecule has 1 aromatic heterocycles. The summed E-state index contributed by atoms with van der Waals surface area (Å²) in [6, 6.07) is 9.21. The Hall–Kier alpha value is -2.28. The molecule has 0 saturated heterocycles. The van der Waals surface area contributed by atoms with Crippen molar-refractivity contribution in [3.8, 4) is 5.75 Å². The molecule has 3 N–H and O–H groups in total. The maximum atomic E-state index is 12.1. The lowest BCUT2D eigenvalue weighted by Gasteiger charge is -2.09. The van der Waals surface area contributed by atoms with Crippen molar-refractivity contribution in [1.29, 1.82) is 0 Å². The number of hydrogen-bond acceptors (Lipinski definition) is 5. The Morgan fingerprint density at radius 2 is 1.89 bits per heavy atom. The molecule has 0 atom stereocenters. The number of ether oxygens (including phenoxy) is 1. The number of nitrogens with two attached hydrogens (primary N) is 1. The fourth-order valence-electron chi connectivity index (χ4n) is 1.44. The molecule has 0 saturated carbocycles. The molecule has 7 heteroatoms. The summed E-state index contributed by atoms with van der Waals surface area (Å²) < 4.78 is 31.5. The van der Waals surface area contributed by atoms with E-state index in [1.54, 1.807) is 24.3 Å². The van der Waals surface area contributed by atoms with Crippen LogP contribution in [0.4, 0.5) is 11.5 Å². The normalized spacial score (nSPS) is 11.0. The van der Waals surface area contributed by atoms with Gasteiger partial charge in [0.2, 0.25) is 0 Å². The van der Waals surface area contributed by atoms with Gasteiger partial charge < -0.3 is 10.5 Å². The van der Waals surface area contributed by atoms with E-state index in [1.165, 1.54) is 25.4 Å². The summed E-state index contributed by atoms with van der Waals surface area (Å²) in [4.78, 5) is 3.99. The maximum absolute atomic E-state index is 12.1. The highest BCUT2D eigenvalue weighted by atomic mass is 32.2. The second-order valence-corrected chi connectivity index (χ2v) is 5.40. The molecule has 0 radical (unpaired) electrons. The summed E-state index contributed by atoms with van der Waals surface area (Å²) in [5, 5.41) is 0. The van der Waals surface area contributed by atoms with Crippen molar-refractivity contribution >= 4 is 21.5 Å². The van der Waals surface area contributed by atoms with Crippen LogP contribution in [-0.4, -0.2) is 20.5 Å². The minimum atomic E-state index is -3.71. The maximum Gasteiger partial charge on any atom is 0.263 e. The van der Waals surface area contributed by atoms with Gasteiger partial charge in [0.1, 0.15) is 5.75 Å². The van der Waals surface area contributed by atoms with Crippen LogP contribution in [-0.2, 0) is 10.0 Å². The van der Waals surface area contributed by atoms with Crippen molar-refractivity contribution in [2.24, 2.45) is 0 Å². The number of nitrogen functional groups attached to an aromatic ring is 1. The van der Waals surface area contributed by atoms with Crippen LogP contribution in [0, 0.1) is 0 Å². The van der Waals surface area contributed by atoms with Crippen molar-refractivity contribution in [3.63, 3.8) is 0 Å². The fourth-order valence-corrected chi connectivity index (χ4v) is 2.48. The third kappa shape index (κ3) is 2.94. The number of anilines is 2. The molecule has 0 spiro atoms. The predicted molar refractivity (Wildman–Crippen MR) is 72.5 cm³/mol. The molecule has 0 unspecified atom stereocenters. The first-order chi connectivity index (χ1) is 9.03. The van der Waals surface area contributed by atoms with E-state index < -0.39 is 10.0 Å². The topological polar surface area (TPSA) is 94.3 Å². The number of nitrogens with one attached hydrogen (secondary N) is 1.